The number of benzene rings is 1. The molecular formula is C16H19FN4O2. The van der Waals surface area contributed by atoms with E-state index < -0.39 is 0 Å². The number of carbonyl (C=O) groups excluding carboxylic acids is 1. The van der Waals surface area contributed by atoms with Crippen LogP contribution in [0.15, 0.2) is 22.7 Å². The molecule has 23 heavy (non-hydrogen) atoms. The number of likely N-dealkylation sites (N-methyl/N-ethyl adjacent to an activating group) is 1. The highest BCUT2D eigenvalue weighted by Gasteiger charge is 2.25. The van der Waals surface area contributed by atoms with E-state index in [2.05, 4.69) is 20.4 Å². The van der Waals surface area contributed by atoms with E-state index in [0.717, 1.165) is 18.5 Å². The molecule has 2 heterocycles. The normalized spacial score (nSPS) is 17.8. The fourth-order valence-corrected chi connectivity index (χ4v) is 2.88. The van der Waals surface area contributed by atoms with Crippen LogP contribution >= 0.6 is 0 Å². The van der Waals surface area contributed by atoms with Crippen LogP contribution in [0.3, 0.4) is 0 Å². The molecule has 0 aliphatic carbocycles. The van der Waals surface area contributed by atoms with Crippen LogP contribution in [-0.4, -0.2) is 34.5 Å². The highest BCUT2D eigenvalue weighted by molar-refractivity contribution is 5.77. The summed E-state index contributed by atoms with van der Waals surface area (Å²) in [5.74, 6) is 0.460. The Morgan fingerprint density at radius 2 is 2.35 bits per heavy atom. The maximum absolute atomic E-state index is 13.5. The number of fused-ring (bicyclic) bond motifs is 1. The fraction of sp³-hybridized carbons (Fsp3) is 0.438. The largest absolute Gasteiger partial charge is 0.359 e. The molecule has 0 radical (unpaired) electrons. The van der Waals surface area contributed by atoms with Crippen LogP contribution in [-0.2, 0) is 24.2 Å². The number of halogens is 1. The molecular weight excluding hydrogens is 299 g/mol. The second-order valence-corrected chi connectivity index (χ2v) is 5.69. The summed E-state index contributed by atoms with van der Waals surface area (Å²) >= 11 is 0. The molecule has 6 nitrogen and oxygen atoms in total. The summed E-state index contributed by atoms with van der Waals surface area (Å²) in [6.07, 6.45) is 0.961. The van der Waals surface area contributed by atoms with E-state index in [-0.39, 0.29) is 24.2 Å². The van der Waals surface area contributed by atoms with Gasteiger partial charge in [0.1, 0.15) is 5.82 Å². The standard InChI is InChI=1S/C16H19FN4O2/c1-10-13-7-12(17)4-3-11(13)5-6-21(10)9-16-19-14(20-23-16)8-15(22)18-2/h3-4,7,10H,5-6,8-9H2,1-2H3,(H,18,22)/t10-/m0/s1. The molecule has 1 amide bonds. The van der Waals surface area contributed by atoms with E-state index in [4.69, 9.17) is 4.52 Å². The van der Waals surface area contributed by atoms with Gasteiger partial charge in [0.2, 0.25) is 11.8 Å². The first kappa shape index (κ1) is 15.6. The molecule has 0 bridgehead atoms. The summed E-state index contributed by atoms with van der Waals surface area (Å²) in [7, 11) is 1.56. The van der Waals surface area contributed by atoms with E-state index in [1.807, 2.05) is 13.0 Å². The molecule has 2 aromatic rings. The van der Waals surface area contributed by atoms with Crippen LogP contribution in [0, 0.1) is 5.82 Å². The Bertz CT molecular complexity index is 716. The summed E-state index contributed by atoms with van der Waals surface area (Å²) in [4.78, 5) is 17.7. The van der Waals surface area contributed by atoms with Crippen molar-refractivity contribution >= 4 is 5.91 Å². The third-order valence-corrected chi connectivity index (χ3v) is 4.22. The maximum Gasteiger partial charge on any atom is 0.240 e. The number of amides is 1. The SMILES string of the molecule is CNC(=O)Cc1noc(CN2CCc3ccc(F)cc3[C@@H]2C)n1. The Morgan fingerprint density at radius 3 is 3.13 bits per heavy atom. The Kier molecular flexibility index (Phi) is 4.38. The first-order chi connectivity index (χ1) is 11.1. The van der Waals surface area contributed by atoms with Gasteiger partial charge in [-0.25, -0.2) is 4.39 Å². The zero-order valence-electron chi connectivity index (χ0n) is 13.2. The van der Waals surface area contributed by atoms with Crippen LogP contribution in [0.4, 0.5) is 4.39 Å². The van der Waals surface area contributed by atoms with Crippen molar-refractivity contribution < 1.29 is 13.7 Å². The van der Waals surface area contributed by atoms with Crippen molar-refractivity contribution in [1.29, 1.82) is 0 Å². The molecule has 1 atom stereocenters. The molecule has 1 aliphatic rings. The van der Waals surface area contributed by atoms with Crippen LogP contribution in [0.5, 0.6) is 0 Å². The van der Waals surface area contributed by atoms with Gasteiger partial charge in [-0.2, -0.15) is 4.98 Å². The van der Waals surface area contributed by atoms with Gasteiger partial charge >= 0.3 is 0 Å². The Balaban J connectivity index is 1.70. The van der Waals surface area contributed by atoms with E-state index in [0.29, 0.717) is 18.3 Å². The zero-order valence-corrected chi connectivity index (χ0v) is 13.2. The van der Waals surface area contributed by atoms with Crippen molar-refractivity contribution in [1.82, 2.24) is 20.4 Å². The van der Waals surface area contributed by atoms with Gasteiger partial charge in [0.15, 0.2) is 5.82 Å². The van der Waals surface area contributed by atoms with Gasteiger partial charge in [0.05, 0.1) is 13.0 Å². The Labute approximate surface area is 133 Å². The van der Waals surface area contributed by atoms with Crippen molar-refractivity contribution in [2.45, 2.75) is 32.4 Å². The van der Waals surface area contributed by atoms with Crippen molar-refractivity contribution in [3.8, 4) is 0 Å². The van der Waals surface area contributed by atoms with Gasteiger partial charge in [-0.3, -0.25) is 9.69 Å². The Hall–Kier alpha value is -2.28. The number of carbonyl (C=O) groups is 1. The molecule has 122 valence electrons. The second-order valence-electron chi connectivity index (χ2n) is 5.69. The highest BCUT2D eigenvalue weighted by atomic mass is 19.1. The smallest absolute Gasteiger partial charge is 0.240 e. The average Bonchev–Trinajstić information content (AvgIpc) is 2.97. The number of rotatable bonds is 4. The van der Waals surface area contributed by atoms with Gasteiger partial charge < -0.3 is 9.84 Å². The minimum absolute atomic E-state index is 0.0729. The van der Waals surface area contributed by atoms with Crippen LogP contribution in [0.1, 0.15) is 35.8 Å². The van der Waals surface area contributed by atoms with Gasteiger partial charge in [-0.05, 0) is 36.6 Å². The van der Waals surface area contributed by atoms with Crippen LogP contribution < -0.4 is 5.32 Å². The third kappa shape index (κ3) is 3.39. The quantitative estimate of drug-likeness (QED) is 0.927. The van der Waals surface area contributed by atoms with Gasteiger partial charge in [-0.15, -0.1) is 0 Å². The molecule has 0 saturated carbocycles. The minimum Gasteiger partial charge on any atom is -0.359 e. The van der Waals surface area contributed by atoms with E-state index in [1.165, 1.54) is 11.6 Å². The molecule has 0 spiro atoms. The fourth-order valence-electron chi connectivity index (χ4n) is 2.88. The molecule has 0 saturated heterocycles. The number of aromatic nitrogens is 2. The second kappa shape index (κ2) is 6.45. The third-order valence-electron chi connectivity index (χ3n) is 4.22. The summed E-state index contributed by atoms with van der Waals surface area (Å²) in [6.45, 7) is 3.37. The molecule has 7 heteroatoms. The van der Waals surface area contributed by atoms with Crippen molar-refractivity contribution in [2.24, 2.45) is 0 Å². The first-order valence-corrected chi connectivity index (χ1v) is 7.61. The number of nitrogens with one attached hydrogen (secondary N) is 1. The van der Waals surface area contributed by atoms with E-state index in [1.54, 1.807) is 13.1 Å². The summed E-state index contributed by atoms with van der Waals surface area (Å²) in [5, 5.41) is 6.34. The lowest BCUT2D eigenvalue weighted by Gasteiger charge is -2.34. The molecule has 0 unspecified atom stereocenters. The predicted molar refractivity (Wildman–Crippen MR) is 81.0 cm³/mol. The van der Waals surface area contributed by atoms with E-state index >= 15 is 0 Å². The Morgan fingerprint density at radius 1 is 1.52 bits per heavy atom. The van der Waals surface area contributed by atoms with Crippen molar-refractivity contribution in [3.05, 3.63) is 46.9 Å². The highest BCUT2D eigenvalue weighted by Crippen LogP contribution is 2.30. The summed E-state index contributed by atoms with van der Waals surface area (Å²) < 4.78 is 18.7. The molecule has 1 aromatic carbocycles. The first-order valence-electron chi connectivity index (χ1n) is 7.61. The average molecular weight is 318 g/mol. The lowest BCUT2D eigenvalue weighted by atomic mass is 9.93. The molecule has 3 rings (SSSR count). The maximum atomic E-state index is 13.5. The monoisotopic (exact) mass is 318 g/mol. The molecule has 1 aromatic heterocycles. The van der Waals surface area contributed by atoms with Crippen molar-refractivity contribution in [2.75, 3.05) is 13.6 Å². The summed E-state index contributed by atoms with van der Waals surface area (Å²) in [6, 6.07) is 5.03. The lowest BCUT2D eigenvalue weighted by molar-refractivity contribution is -0.120. The summed E-state index contributed by atoms with van der Waals surface area (Å²) in [5.41, 5.74) is 2.18. The molecule has 1 aliphatic heterocycles. The van der Waals surface area contributed by atoms with Crippen LogP contribution in [0.2, 0.25) is 0 Å². The zero-order chi connectivity index (χ0) is 16.4. The minimum atomic E-state index is -0.219. The predicted octanol–water partition coefficient (Wildman–Crippen LogP) is 1.62. The van der Waals surface area contributed by atoms with Crippen molar-refractivity contribution in [3.63, 3.8) is 0 Å². The number of nitrogens with zero attached hydrogens (tertiary/aromatic N) is 3. The van der Waals surface area contributed by atoms with Gasteiger partial charge in [0, 0.05) is 19.6 Å². The van der Waals surface area contributed by atoms with Gasteiger partial charge in [-0.1, -0.05) is 11.2 Å². The molecule has 0 fully saturated rings. The lowest BCUT2D eigenvalue weighted by Crippen LogP contribution is -2.33. The topological polar surface area (TPSA) is 71.3 Å². The number of hydrogen-bond acceptors (Lipinski definition) is 5. The van der Waals surface area contributed by atoms with E-state index in [9.17, 15) is 9.18 Å². The number of hydrogen-bond donors (Lipinski definition) is 1. The molecule has 1 N–H and O–H groups in total. The van der Waals surface area contributed by atoms with Gasteiger partial charge in [0.25, 0.3) is 0 Å². The van der Waals surface area contributed by atoms with Crippen LogP contribution in [0.25, 0.3) is 0 Å².